The van der Waals surface area contributed by atoms with Crippen molar-refractivity contribution >= 4 is 15.9 Å². The normalized spacial score (nSPS) is 19.8. The van der Waals surface area contributed by atoms with E-state index in [0.29, 0.717) is 4.67 Å². The van der Waals surface area contributed by atoms with E-state index < -0.39 is 0 Å². The van der Waals surface area contributed by atoms with Crippen molar-refractivity contribution in [3.63, 3.8) is 0 Å². The molecule has 0 amide bonds. The predicted molar refractivity (Wildman–Crippen MR) is 53.3 cm³/mol. The van der Waals surface area contributed by atoms with Crippen LogP contribution in [0.5, 0.6) is 0 Å². The van der Waals surface area contributed by atoms with E-state index in [1.807, 2.05) is 6.07 Å². The highest BCUT2D eigenvalue weighted by Gasteiger charge is 2.23. The summed E-state index contributed by atoms with van der Waals surface area (Å²) >= 11 is 3.27. The monoisotopic (exact) mass is 244 g/mol. The average Bonchev–Trinajstić information content (AvgIpc) is 2.43. The fourth-order valence-corrected chi connectivity index (χ4v) is 2.22. The Morgan fingerprint density at radius 1 is 1.62 bits per heavy atom. The second kappa shape index (κ2) is 3.84. The van der Waals surface area contributed by atoms with Gasteiger partial charge >= 0.3 is 0 Å². The lowest BCUT2D eigenvalue weighted by atomic mass is 9.81. The number of furan rings is 1. The molecule has 3 heteroatoms. The highest BCUT2D eigenvalue weighted by Crippen LogP contribution is 2.36. The molecule has 0 saturated heterocycles. The van der Waals surface area contributed by atoms with Crippen LogP contribution in [0.2, 0.25) is 0 Å². The Labute approximate surface area is 86.1 Å². The van der Waals surface area contributed by atoms with Gasteiger partial charge in [-0.05, 0) is 34.3 Å². The molecule has 1 N–H and O–H groups in total. The van der Waals surface area contributed by atoms with Crippen LogP contribution >= 0.6 is 15.9 Å². The van der Waals surface area contributed by atoms with Crippen molar-refractivity contribution in [2.75, 3.05) is 0 Å². The summed E-state index contributed by atoms with van der Waals surface area (Å²) in [6.45, 7) is 0. The zero-order chi connectivity index (χ0) is 9.26. The molecule has 0 aromatic carbocycles. The number of hydrogen-bond acceptors (Lipinski definition) is 2. The Hall–Kier alpha value is -0.280. The maximum absolute atomic E-state index is 9.84. The topological polar surface area (TPSA) is 33.4 Å². The van der Waals surface area contributed by atoms with Crippen molar-refractivity contribution in [3.05, 3.63) is 22.6 Å². The van der Waals surface area contributed by atoms with Gasteiger partial charge in [-0.15, -0.1) is 0 Å². The largest absolute Gasteiger partial charge is 0.457 e. The van der Waals surface area contributed by atoms with Crippen LogP contribution in [-0.4, -0.2) is 5.11 Å². The van der Waals surface area contributed by atoms with E-state index in [0.717, 1.165) is 17.9 Å². The molecule has 0 aliphatic heterocycles. The zero-order valence-electron chi connectivity index (χ0n) is 7.37. The Balaban J connectivity index is 1.96. The molecule has 1 saturated carbocycles. The van der Waals surface area contributed by atoms with Crippen LogP contribution in [0.4, 0.5) is 0 Å². The highest BCUT2D eigenvalue weighted by atomic mass is 79.9. The first kappa shape index (κ1) is 9.28. The van der Waals surface area contributed by atoms with E-state index in [-0.39, 0.29) is 6.10 Å². The van der Waals surface area contributed by atoms with Crippen LogP contribution in [-0.2, 0) is 0 Å². The van der Waals surface area contributed by atoms with Crippen LogP contribution in [0.1, 0.15) is 37.4 Å². The summed E-state index contributed by atoms with van der Waals surface area (Å²) < 4.78 is 5.74. The van der Waals surface area contributed by atoms with Crippen molar-refractivity contribution < 1.29 is 9.52 Å². The summed E-state index contributed by atoms with van der Waals surface area (Å²) in [5.74, 6) is 0.719. The van der Waals surface area contributed by atoms with Gasteiger partial charge in [0, 0.05) is 5.56 Å². The van der Waals surface area contributed by atoms with Crippen molar-refractivity contribution in [3.8, 4) is 0 Å². The number of rotatable bonds is 3. The van der Waals surface area contributed by atoms with Crippen molar-refractivity contribution in [1.29, 1.82) is 0 Å². The molecule has 1 aliphatic carbocycles. The first-order valence-electron chi connectivity index (χ1n) is 4.68. The Kier molecular flexibility index (Phi) is 2.74. The van der Waals surface area contributed by atoms with Gasteiger partial charge in [-0.25, -0.2) is 0 Å². The molecule has 0 spiro atoms. The Bertz CT molecular complexity index is 278. The molecule has 0 bridgehead atoms. The molecule has 1 aromatic rings. The van der Waals surface area contributed by atoms with Gasteiger partial charge in [-0.3, -0.25) is 0 Å². The van der Waals surface area contributed by atoms with E-state index in [9.17, 15) is 5.11 Å². The molecular weight excluding hydrogens is 232 g/mol. The van der Waals surface area contributed by atoms with Gasteiger partial charge in [-0.2, -0.15) is 0 Å². The minimum absolute atomic E-state index is 0.363. The quantitative estimate of drug-likeness (QED) is 0.886. The van der Waals surface area contributed by atoms with Gasteiger partial charge in [-0.1, -0.05) is 19.3 Å². The second-order valence-corrected chi connectivity index (χ2v) is 4.42. The van der Waals surface area contributed by atoms with E-state index >= 15 is 0 Å². The fraction of sp³-hybridized carbons (Fsp3) is 0.600. The molecule has 1 atom stereocenters. The van der Waals surface area contributed by atoms with Gasteiger partial charge in [0.15, 0.2) is 4.67 Å². The summed E-state index contributed by atoms with van der Waals surface area (Å²) in [4.78, 5) is 0. The first-order chi connectivity index (χ1) is 6.27. The minimum atomic E-state index is -0.363. The molecular formula is C10H13BrO2. The van der Waals surface area contributed by atoms with Crippen LogP contribution in [0.25, 0.3) is 0 Å². The summed E-state index contributed by atoms with van der Waals surface area (Å²) in [7, 11) is 0. The molecule has 1 aliphatic rings. The zero-order valence-corrected chi connectivity index (χ0v) is 8.96. The lowest BCUT2D eigenvalue weighted by Crippen LogP contribution is -2.14. The molecule has 1 heterocycles. The van der Waals surface area contributed by atoms with Crippen LogP contribution in [0.15, 0.2) is 21.4 Å². The third-order valence-electron chi connectivity index (χ3n) is 2.79. The SMILES string of the molecule is OC(CC1CCC1)c1ccoc1Br. The van der Waals surface area contributed by atoms with E-state index in [4.69, 9.17) is 4.42 Å². The first-order valence-corrected chi connectivity index (χ1v) is 5.47. The molecule has 1 fully saturated rings. The summed E-state index contributed by atoms with van der Waals surface area (Å²) in [6, 6.07) is 1.83. The molecule has 2 nitrogen and oxygen atoms in total. The molecule has 13 heavy (non-hydrogen) atoms. The Morgan fingerprint density at radius 2 is 2.38 bits per heavy atom. The highest BCUT2D eigenvalue weighted by molar-refractivity contribution is 9.10. The van der Waals surface area contributed by atoms with Crippen LogP contribution in [0.3, 0.4) is 0 Å². The average molecular weight is 245 g/mol. The third-order valence-corrected chi connectivity index (χ3v) is 3.43. The number of aliphatic hydroxyl groups excluding tert-OH is 1. The second-order valence-electron chi connectivity index (χ2n) is 3.70. The van der Waals surface area contributed by atoms with E-state index in [1.54, 1.807) is 6.26 Å². The van der Waals surface area contributed by atoms with E-state index in [1.165, 1.54) is 19.3 Å². The molecule has 1 unspecified atom stereocenters. The number of aliphatic hydroxyl groups is 1. The predicted octanol–water partition coefficient (Wildman–Crippen LogP) is 3.27. The lowest BCUT2D eigenvalue weighted by Gasteiger charge is -2.27. The van der Waals surface area contributed by atoms with E-state index in [2.05, 4.69) is 15.9 Å². The summed E-state index contributed by atoms with van der Waals surface area (Å²) in [5, 5.41) is 9.84. The van der Waals surface area contributed by atoms with Gasteiger partial charge in [0.1, 0.15) is 0 Å². The maximum atomic E-state index is 9.84. The Morgan fingerprint density at radius 3 is 2.85 bits per heavy atom. The maximum Gasteiger partial charge on any atom is 0.174 e. The van der Waals surface area contributed by atoms with Crippen LogP contribution in [0, 0.1) is 5.92 Å². The summed E-state index contributed by atoms with van der Waals surface area (Å²) in [5.41, 5.74) is 0.881. The fourth-order valence-electron chi connectivity index (χ4n) is 1.71. The molecule has 0 radical (unpaired) electrons. The van der Waals surface area contributed by atoms with Crippen molar-refractivity contribution in [1.82, 2.24) is 0 Å². The van der Waals surface area contributed by atoms with Gasteiger partial charge in [0.25, 0.3) is 0 Å². The van der Waals surface area contributed by atoms with Crippen molar-refractivity contribution in [2.45, 2.75) is 31.8 Å². The van der Waals surface area contributed by atoms with Gasteiger partial charge in [0.2, 0.25) is 0 Å². The minimum Gasteiger partial charge on any atom is -0.457 e. The summed E-state index contributed by atoms with van der Waals surface area (Å²) in [6.07, 6.45) is 5.98. The van der Waals surface area contributed by atoms with Crippen LogP contribution < -0.4 is 0 Å². The third kappa shape index (κ3) is 1.97. The molecule has 2 rings (SSSR count). The number of hydrogen-bond donors (Lipinski definition) is 1. The smallest absolute Gasteiger partial charge is 0.174 e. The van der Waals surface area contributed by atoms with Crippen molar-refractivity contribution in [2.24, 2.45) is 5.92 Å². The molecule has 1 aromatic heterocycles. The molecule has 72 valence electrons. The number of halogens is 1. The lowest BCUT2D eigenvalue weighted by molar-refractivity contribution is 0.117. The van der Waals surface area contributed by atoms with Gasteiger partial charge in [0.05, 0.1) is 12.4 Å². The van der Waals surface area contributed by atoms with Gasteiger partial charge < -0.3 is 9.52 Å². The standard InChI is InChI=1S/C10H13BrO2/c11-10-8(4-5-13-10)9(12)6-7-2-1-3-7/h4-5,7,9,12H,1-3,6H2.